The summed E-state index contributed by atoms with van der Waals surface area (Å²) in [6, 6.07) is 0. The highest BCUT2D eigenvalue weighted by Gasteiger charge is 2.62. The predicted octanol–water partition coefficient (Wildman–Crippen LogP) is 7.15. The number of allylic oxidation sites excluding steroid dienone is 4. The summed E-state index contributed by atoms with van der Waals surface area (Å²) in [4.78, 5) is 12.3. The molecular formula is C29H46O3. The quantitative estimate of drug-likeness (QED) is 0.444. The van der Waals surface area contributed by atoms with Crippen LogP contribution in [0.4, 0.5) is 0 Å². The van der Waals surface area contributed by atoms with Crippen molar-refractivity contribution < 1.29 is 15.0 Å². The molecule has 180 valence electrons. The monoisotopic (exact) mass is 442 g/mol. The molecule has 3 heteroatoms. The van der Waals surface area contributed by atoms with Gasteiger partial charge in [0, 0.05) is 0 Å². The van der Waals surface area contributed by atoms with Gasteiger partial charge < -0.3 is 10.2 Å². The zero-order valence-electron chi connectivity index (χ0n) is 21.3. The van der Waals surface area contributed by atoms with Crippen LogP contribution in [0.3, 0.4) is 0 Å². The highest BCUT2D eigenvalue weighted by Crippen LogP contribution is 2.68. The van der Waals surface area contributed by atoms with Crippen molar-refractivity contribution in [3.8, 4) is 0 Å². The van der Waals surface area contributed by atoms with E-state index in [9.17, 15) is 15.0 Å². The minimum atomic E-state index is -1.02. The van der Waals surface area contributed by atoms with E-state index in [0.717, 1.165) is 37.5 Å². The Bertz CT molecular complexity index is 820. The maximum atomic E-state index is 12.3. The molecule has 3 nitrogen and oxygen atoms in total. The first-order valence-corrected chi connectivity index (χ1v) is 13.2. The van der Waals surface area contributed by atoms with Crippen LogP contribution < -0.4 is 0 Å². The second-order valence-electron chi connectivity index (χ2n) is 12.7. The first-order valence-electron chi connectivity index (χ1n) is 13.2. The summed E-state index contributed by atoms with van der Waals surface area (Å²) in [5.41, 5.74) is 4.06. The lowest BCUT2D eigenvalue weighted by Gasteiger charge is -2.59. The third kappa shape index (κ3) is 3.44. The van der Waals surface area contributed by atoms with Gasteiger partial charge in [0.15, 0.2) is 0 Å². The summed E-state index contributed by atoms with van der Waals surface area (Å²) in [7, 11) is 0. The lowest BCUT2D eigenvalue weighted by atomic mass is 9.45. The molecule has 0 aliphatic heterocycles. The average Bonchev–Trinajstić information content (AvgIpc) is 3.08. The van der Waals surface area contributed by atoms with Gasteiger partial charge in [-0.15, -0.1) is 0 Å². The Kier molecular flexibility index (Phi) is 6.23. The molecule has 2 N–H and O–H groups in total. The van der Waals surface area contributed by atoms with Crippen LogP contribution in [-0.4, -0.2) is 22.3 Å². The Morgan fingerprint density at radius 3 is 2.47 bits per heavy atom. The average molecular weight is 443 g/mol. The summed E-state index contributed by atoms with van der Waals surface area (Å²) < 4.78 is 0. The van der Waals surface area contributed by atoms with E-state index in [-0.39, 0.29) is 11.3 Å². The van der Waals surface area contributed by atoms with Gasteiger partial charge in [-0.2, -0.15) is 0 Å². The fraction of sp³-hybridized carbons (Fsp3) is 0.828. The largest absolute Gasteiger partial charge is 0.481 e. The molecule has 0 unspecified atom stereocenters. The van der Waals surface area contributed by atoms with Crippen molar-refractivity contribution in [3.63, 3.8) is 0 Å². The molecule has 0 aromatic heterocycles. The van der Waals surface area contributed by atoms with Crippen LogP contribution in [0.2, 0.25) is 0 Å². The third-order valence-electron chi connectivity index (χ3n) is 11.0. The third-order valence-corrected chi connectivity index (χ3v) is 11.0. The number of carboxylic acids is 1. The van der Waals surface area contributed by atoms with Gasteiger partial charge in [-0.25, -0.2) is 0 Å². The number of carboxylic acid groups (broad SMARTS) is 1. The van der Waals surface area contributed by atoms with Gasteiger partial charge in [-0.1, -0.05) is 43.6 Å². The number of rotatable bonds is 5. The van der Waals surface area contributed by atoms with Crippen LogP contribution in [-0.2, 0) is 4.79 Å². The molecule has 4 aliphatic carbocycles. The van der Waals surface area contributed by atoms with Gasteiger partial charge in [-0.05, 0) is 119 Å². The maximum absolute atomic E-state index is 12.3. The van der Waals surface area contributed by atoms with Crippen LogP contribution in [0.5, 0.6) is 0 Å². The van der Waals surface area contributed by atoms with Crippen LogP contribution >= 0.6 is 0 Å². The Balaban J connectivity index is 1.62. The van der Waals surface area contributed by atoms with Gasteiger partial charge in [-0.3, -0.25) is 4.79 Å². The molecule has 2 saturated carbocycles. The van der Waals surface area contributed by atoms with Gasteiger partial charge in [0.05, 0.1) is 11.5 Å². The van der Waals surface area contributed by atoms with Gasteiger partial charge in [0.2, 0.25) is 0 Å². The molecule has 0 saturated heterocycles. The highest BCUT2D eigenvalue weighted by atomic mass is 16.4. The van der Waals surface area contributed by atoms with E-state index in [0.29, 0.717) is 17.8 Å². The molecule has 0 bridgehead atoms. The number of aliphatic hydroxyl groups is 1. The number of hydrogen-bond acceptors (Lipinski definition) is 2. The van der Waals surface area contributed by atoms with Crippen molar-refractivity contribution in [3.05, 3.63) is 22.8 Å². The Hall–Kier alpha value is -1.09. The molecular weight excluding hydrogens is 396 g/mol. The summed E-state index contributed by atoms with van der Waals surface area (Å²) in [5.74, 6) is 1.48. The smallest absolute Gasteiger partial charge is 0.312 e. The van der Waals surface area contributed by atoms with E-state index >= 15 is 0 Å². The van der Waals surface area contributed by atoms with Crippen molar-refractivity contribution in [2.75, 3.05) is 0 Å². The SMILES string of the molecule is CC(C)=CCC[C@H](C)[C@@H]1CC[C@H]2C3=C(CC[C@@]21C)[C@@]1(C)CC[C@H](O)[C@@](C)(C(=O)O)[C@H]1CC3. The van der Waals surface area contributed by atoms with Gasteiger partial charge in [0.25, 0.3) is 0 Å². The Labute approximate surface area is 195 Å². The lowest BCUT2D eigenvalue weighted by Crippen LogP contribution is -2.58. The molecule has 0 radical (unpaired) electrons. The van der Waals surface area contributed by atoms with Crippen LogP contribution in [0.15, 0.2) is 22.8 Å². The van der Waals surface area contributed by atoms with Crippen molar-refractivity contribution in [2.45, 2.75) is 112 Å². The standard InChI is InChI=1S/C29H46O3/c1-18(2)8-7-9-19(3)21-11-12-22-20-10-13-24-28(5,23(20)14-16-27(21,22)4)17-15-25(30)29(24,6)26(31)32/h8,19,21-22,24-25,30H,7,9-17H2,1-6H3,(H,31,32)/t19-,21-,22-,24-,25-,27+,28+,29-/m0/s1. The first kappa shape index (κ1) is 24.0. The summed E-state index contributed by atoms with van der Waals surface area (Å²) in [6.07, 6.45) is 12.7. The molecule has 2 fully saturated rings. The first-order chi connectivity index (χ1) is 15.0. The normalized spacial score (nSPS) is 44.3. The van der Waals surface area contributed by atoms with Crippen LogP contribution in [0.25, 0.3) is 0 Å². The highest BCUT2D eigenvalue weighted by molar-refractivity contribution is 5.76. The van der Waals surface area contributed by atoms with E-state index in [1.807, 2.05) is 6.92 Å². The van der Waals surface area contributed by atoms with Crippen LogP contribution in [0.1, 0.15) is 106 Å². The summed E-state index contributed by atoms with van der Waals surface area (Å²) in [5, 5.41) is 20.9. The molecule has 4 rings (SSSR count). The summed E-state index contributed by atoms with van der Waals surface area (Å²) in [6.45, 7) is 13.6. The molecule has 0 amide bonds. The number of aliphatic hydroxyl groups excluding tert-OH is 1. The topological polar surface area (TPSA) is 57.5 Å². The molecule has 4 aliphatic rings. The Morgan fingerprint density at radius 1 is 1.09 bits per heavy atom. The van der Waals surface area contributed by atoms with Crippen molar-refractivity contribution >= 4 is 5.97 Å². The maximum Gasteiger partial charge on any atom is 0.312 e. The molecule has 32 heavy (non-hydrogen) atoms. The second-order valence-corrected chi connectivity index (χ2v) is 12.7. The number of aliphatic carboxylic acids is 1. The molecule has 8 atom stereocenters. The zero-order valence-corrected chi connectivity index (χ0v) is 21.3. The molecule has 0 spiro atoms. The van der Waals surface area contributed by atoms with Gasteiger partial charge in [0.1, 0.15) is 0 Å². The molecule has 0 heterocycles. The second kappa shape index (κ2) is 8.29. The number of fused-ring (bicyclic) bond motifs is 4. The van der Waals surface area contributed by atoms with Gasteiger partial charge >= 0.3 is 5.97 Å². The Morgan fingerprint density at radius 2 is 1.81 bits per heavy atom. The van der Waals surface area contributed by atoms with E-state index in [1.54, 1.807) is 11.1 Å². The predicted molar refractivity (Wildman–Crippen MR) is 130 cm³/mol. The number of hydrogen-bond donors (Lipinski definition) is 2. The molecule has 0 aromatic rings. The fourth-order valence-corrected chi connectivity index (χ4v) is 9.08. The minimum absolute atomic E-state index is 0.0413. The van der Waals surface area contributed by atoms with E-state index < -0.39 is 17.5 Å². The van der Waals surface area contributed by atoms with Crippen molar-refractivity contribution in [2.24, 2.45) is 39.9 Å². The number of carbonyl (C=O) groups is 1. The van der Waals surface area contributed by atoms with E-state index in [1.165, 1.54) is 37.7 Å². The zero-order chi connectivity index (χ0) is 23.5. The van der Waals surface area contributed by atoms with Crippen molar-refractivity contribution in [1.29, 1.82) is 0 Å². The fourth-order valence-electron chi connectivity index (χ4n) is 9.08. The molecule has 0 aromatic carbocycles. The lowest BCUT2D eigenvalue weighted by molar-refractivity contribution is -0.175. The minimum Gasteiger partial charge on any atom is -0.481 e. The van der Waals surface area contributed by atoms with E-state index in [4.69, 9.17) is 0 Å². The van der Waals surface area contributed by atoms with Crippen LogP contribution in [0, 0.1) is 39.9 Å². The van der Waals surface area contributed by atoms with E-state index in [2.05, 4.69) is 40.7 Å². The summed E-state index contributed by atoms with van der Waals surface area (Å²) >= 11 is 0. The van der Waals surface area contributed by atoms with Crippen molar-refractivity contribution in [1.82, 2.24) is 0 Å².